The monoisotopic (exact) mass is 263 g/mol. The number of aromatic hydroxyl groups is 1. The molecule has 2 rings (SSSR count). The molecule has 2 atom stereocenters. The van der Waals surface area contributed by atoms with Crippen molar-refractivity contribution in [2.24, 2.45) is 5.92 Å². The van der Waals surface area contributed by atoms with Crippen LogP contribution in [0.25, 0.3) is 0 Å². The number of phenolic OH excluding ortho intramolecular Hbond substituents is 1. The van der Waals surface area contributed by atoms with Crippen LogP contribution in [0.3, 0.4) is 0 Å². The predicted octanol–water partition coefficient (Wildman–Crippen LogP) is 1.26. The third-order valence-corrected chi connectivity index (χ3v) is 3.61. The second-order valence-electron chi connectivity index (χ2n) is 4.94. The van der Waals surface area contributed by atoms with Crippen LogP contribution in [0.5, 0.6) is 5.75 Å². The Morgan fingerprint density at radius 3 is 2.68 bits per heavy atom. The van der Waals surface area contributed by atoms with Gasteiger partial charge in [-0.3, -0.25) is 4.79 Å². The van der Waals surface area contributed by atoms with Crippen molar-refractivity contribution in [1.29, 1.82) is 0 Å². The van der Waals surface area contributed by atoms with E-state index in [9.17, 15) is 19.8 Å². The minimum atomic E-state index is -0.962. The van der Waals surface area contributed by atoms with Gasteiger partial charge in [-0.05, 0) is 18.4 Å². The molecule has 2 unspecified atom stereocenters. The normalized spacial score (nSPS) is 22.5. The first-order valence-corrected chi connectivity index (χ1v) is 6.30. The van der Waals surface area contributed by atoms with E-state index < -0.39 is 12.0 Å². The molecule has 0 radical (unpaired) electrons. The summed E-state index contributed by atoms with van der Waals surface area (Å²) in [6.45, 7) is 2.30. The SMILES string of the molecule is CC1CCN(C(=O)Cc2ccccc2O)C1C(=O)O. The number of rotatable bonds is 3. The second-order valence-corrected chi connectivity index (χ2v) is 4.94. The van der Waals surface area contributed by atoms with Crippen molar-refractivity contribution in [2.75, 3.05) is 6.54 Å². The molecule has 19 heavy (non-hydrogen) atoms. The number of hydrogen-bond acceptors (Lipinski definition) is 3. The van der Waals surface area contributed by atoms with Crippen LogP contribution >= 0.6 is 0 Å². The molecule has 0 saturated carbocycles. The number of benzene rings is 1. The Labute approximate surface area is 111 Å². The molecule has 0 bridgehead atoms. The summed E-state index contributed by atoms with van der Waals surface area (Å²) in [6.07, 6.45) is 0.729. The van der Waals surface area contributed by atoms with Gasteiger partial charge in [-0.2, -0.15) is 0 Å². The van der Waals surface area contributed by atoms with Crippen molar-refractivity contribution in [3.8, 4) is 5.75 Å². The summed E-state index contributed by atoms with van der Waals surface area (Å²) in [6, 6.07) is 5.86. The quantitative estimate of drug-likeness (QED) is 0.860. The largest absolute Gasteiger partial charge is 0.508 e. The highest BCUT2D eigenvalue weighted by Gasteiger charge is 2.39. The van der Waals surface area contributed by atoms with E-state index in [0.29, 0.717) is 18.5 Å². The number of carboxylic acids is 1. The fourth-order valence-electron chi connectivity index (χ4n) is 2.53. The van der Waals surface area contributed by atoms with Crippen LogP contribution in [0.4, 0.5) is 0 Å². The average Bonchev–Trinajstić information content (AvgIpc) is 2.74. The molecule has 1 aliphatic rings. The Bertz CT molecular complexity index is 500. The smallest absolute Gasteiger partial charge is 0.326 e. The highest BCUT2D eigenvalue weighted by molar-refractivity contribution is 5.86. The summed E-state index contributed by atoms with van der Waals surface area (Å²) in [4.78, 5) is 24.8. The number of carbonyl (C=O) groups is 2. The second kappa shape index (κ2) is 5.30. The summed E-state index contributed by atoms with van der Waals surface area (Å²) < 4.78 is 0. The summed E-state index contributed by atoms with van der Waals surface area (Å²) in [5, 5.41) is 18.8. The zero-order chi connectivity index (χ0) is 14.0. The van der Waals surface area contributed by atoms with Crippen molar-refractivity contribution in [2.45, 2.75) is 25.8 Å². The van der Waals surface area contributed by atoms with Gasteiger partial charge in [-0.1, -0.05) is 25.1 Å². The zero-order valence-electron chi connectivity index (χ0n) is 10.7. The van der Waals surface area contributed by atoms with Gasteiger partial charge in [0.05, 0.1) is 6.42 Å². The zero-order valence-corrected chi connectivity index (χ0v) is 10.7. The molecule has 1 fully saturated rings. The van der Waals surface area contributed by atoms with E-state index in [1.807, 2.05) is 6.92 Å². The molecular weight excluding hydrogens is 246 g/mol. The number of aliphatic carboxylic acids is 1. The number of phenols is 1. The lowest BCUT2D eigenvalue weighted by Crippen LogP contribution is -2.43. The van der Waals surface area contributed by atoms with Crippen molar-refractivity contribution in [3.05, 3.63) is 29.8 Å². The van der Waals surface area contributed by atoms with Crippen LogP contribution in [0.2, 0.25) is 0 Å². The maximum Gasteiger partial charge on any atom is 0.326 e. The van der Waals surface area contributed by atoms with Crippen molar-refractivity contribution < 1.29 is 19.8 Å². The van der Waals surface area contributed by atoms with Crippen molar-refractivity contribution in [1.82, 2.24) is 4.90 Å². The van der Waals surface area contributed by atoms with Gasteiger partial charge in [0.2, 0.25) is 5.91 Å². The number of carbonyl (C=O) groups excluding carboxylic acids is 1. The van der Waals surface area contributed by atoms with Crippen LogP contribution < -0.4 is 0 Å². The molecule has 0 spiro atoms. The molecule has 1 amide bonds. The van der Waals surface area contributed by atoms with E-state index in [1.54, 1.807) is 18.2 Å². The average molecular weight is 263 g/mol. The van der Waals surface area contributed by atoms with Crippen LogP contribution in [0.1, 0.15) is 18.9 Å². The maximum absolute atomic E-state index is 12.2. The molecular formula is C14H17NO4. The van der Waals surface area contributed by atoms with Gasteiger partial charge in [0.25, 0.3) is 0 Å². The number of likely N-dealkylation sites (tertiary alicyclic amines) is 1. The highest BCUT2D eigenvalue weighted by Crippen LogP contribution is 2.26. The fourth-order valence-corrected chi connectivity index (χ4v) is 2.53. The Hall–Kier alpha value is -2.04. The molecule has 1 aromatic rings. The molecule has 2 N–H and O–H groups in total. The van der Waals surface area contributed by atoms with E-state index in [0.717, 1.165) is 0 Å². The molecule has 0 aliphatic carbocycles. The van der Waals surface area contributed by atoms with Gasteiger partial charge in [-0.15, -0.1) is 0 Å². The first-order valence-electron chi connectivity index (χ1n) is 6.30. The van der Waals surface area contributed by atoms with Crippen LogP contribution in [-0.4, -0.2) is 39.6 Å². The van der Waals surface area contributed by atoms with E-state index in [-0.39, 0.29) is 24.0 Å². The molecule has 0 aromatic heterocycles. The van der Waals surface area contributed by atoms with Crippen molar-refractivity contribution in [3.63, 3.8) is 0 Å². The maximum atomic E-state index is 12.2. The first-order chi connectivity index (χ1) is 9.00. The lowest BCUT2D eigenvalue weighted by molar-refractivity contribution is -0.149. The third kappa shape index (κ3) is 2.70. The minimum absolute atomic E-state index is 0.0309. The summed E-state index contributed by atoms with van der Waals surface area (Å²) in [5.41, 5.74) is 0.524. The number of para-hydroxylation sites is 1. The Morgan fingerprint density at radius 1 is 1.37 bits per heavy atom. The van der Waals surface area contributed by atoms with Crippen LogP contribution in [0.15, 0.2) is 24.3 Å². The highest BCUT2D eigenvalue weighted by atomic mass is 16.4. The van der Waals surface area contributed by atoms with E-state index in [4.69, 9.17) is 0 Å². The van der Waals surface area contributed by atoms with Gasteiger partial charge in [0.15, 0.2) is 0 Å². The summed E-state index contributed by atoms with van der Waals surface area (Å²) in [5.74, 6) is -1.19. The van der Waals surface area contributed by atoms with E-state index in [1.165, 1.54) is 11.0 Å². The number of hydrogen-bond donors (Lipinski definition) is 2. The van der Waals surface area contributed by atoms with Crippen molar-refractivity contribution >= 4 is 11.9 Å². The molecule has 5 nitrogen and oxygen atoms in total. The number of carboxylic acid groups (broad SMARTS) is 1. The topological polar surface area (TPSA) is 77.8 Å². The molecule has 1 heterocycles. The van der Waals surface area contributed by atoms with Gasteiger partial charge in [-0.25, -0.2) is 4.79 Å². The molecule has 5 heteroatoms. The number of amides is 1. The fraction of sp³-hybridized carbons (Fsp3) is 0.429. The van der Waals surface area contributed by atoms with Crippen LogP contribution in [0, 0.1) is 5.92 Å². The lowest BCUT2D eigenvalue weighted by atomic mass is 10.0. The Morgan fingerprint density at radius 2 is 2.05 bits per heavy atom. The third-order valence-electron chi connectivity index (χ3n) is 3.61. The summed E-state index contributed by atoms with van der Waals surface area (Å²) in [7, 11) is 0. The molecule has 1 aliphatic heterocycles. The van der Waals surface area contributed by atoms with Gasteiger partial charge < -0.3 is 15.1 Å². The molecule has 1 aromatic carbocycles. The molecule has 1 saturated heterocycles. The summed E-state index contributed by atoms with van der Waals surface area (Å²) >= 11 is 0. The van der Waals surface area contributed by atoms with Gasteiger partial charge in [0.1, 0.15) is 11.8 Å². The predicted molar refractivity (Wildman–Crippen MR) is 68.7 cm³/mol. The van der Waals surface area contributed by atoms with Gasteiger partial charge >= 0.3 is 5.97 Å². The Balaban J connectivity index is 2.12. The first kappa shape index (κ1) is 13.4. The van der Waals surface area contributed by atoms with Gasteiger partial charge in [0, 0.05) is 12.1 Å². The molecule has 102 valence electrons. The Kier molecular flexibility index (Phi) is 3.74. The lowest BCUT2D eigenvalue weighted by Gasteiger charge is -2.23. The standard InChI is InChI=1S/C14H17NO4/c1-9-6-7-15(13(9)14(18)19)12(17)8-10-4-2-3-5-11(10)16/h2-5,9,13,16H,6-8H2,1H3,(H,18,19). The van der Waals surface area contributed by atoms with E-state index in [2.05, 4.69) is 0 Å². The number of nitrogens with zero attached hydrogens (tertiary/aromatic N) is 1. The van der Waals surface area contributed by atoms with Crippen LogP contribution in [-0.2, 0) is 16.0 Å². The minimum Gasteiger partial charge on any atom is -0.508 e. The van der Waals surface area contributed by atoms with E-state index >= 15 is 0 Å².